The number of H-pyrrole nitrogens is 1. The molecule has 1 aliphatic heterocycles. The molecule has 1 aliphatic rings. The van der Waals surface area contributed by atoms with Crippen molar-refractivity contribution in [3.05, 3.63) is 36.5 Å². The van der Waals surface area contributed by atoms with Gasteiger partial charge in [0.15, 0.2) is 0 Å². The van der Waals surface area contributed by atoms with Gasteiger partial charge in [-0.3, -0.25) is 9.89 Å². The van der Waals surface area contributed by atoms with E-state index in [1.807, 2.05) is 30.3 Å². The van der Waals surface area contributed by atoms with Gasteiger partial charge < -0.3 is 10.6 Å². The van der Waals surface area contributed by atoms with Gasteiger partial charge in [-0.25, -0.2) is 0 Å². The second kappa shape index (κ2) is 5.46. The quantitative estimate of drug-likeness (QED) is 0.797. The van der Waals surface area contributed by atoms with Crippen molar-refractivity contribution in [2.24, 2.45) is 11.8 Å². The number of carbonyl (C=O) groups excluding carboxylic acids is 1. The standard InChI is InChI=1S/C15H18N4O/c1-10-8-16-9-13(10)15(20)18-12-4-2-11(3-5-12)14-6-7-17-19-14/h2-7,10,13,16H,8-9H2,1H3,(H,17,19)(H,18,20). The molecule has 2 heterocycles. The SMILES string of the molecule is CC1CNCC1C(=O)Nc1ccc(-c2ccn[nH]2)cc1. The highest BCUT2D eigenvalue weighted by molar-refractivity contribution is 5.93. The number of amides is 1. The lowest BCUT2D eigenvalue weighted by atomic mass is 9.97. The maximum Gasteiger partial charge on any atom is 0.229 e. The van der Waals surface area contributed by atoms with Gasteiger partial charge in [0, 0.05) is 18.4 Å². The fraction of sp³-hybridized carbons (Fsp3) is 0.333. The molecule has 104 valence electrons. The lowest BCUT2D eigenvalue weighted by Gasteiger charge is -2.14. The summed E-state index contributed by atoms with van der Waals surface area (Å²) in [4.78, 5) is 12.2. The molecule has 1 saturated heterocycles. The molecular formula is C15H18N4O. The first-order chi connectivity index (χ1) is 9.74. The summed E-state index contributed by atoms with van der Waals surface area (Å²) in [6.07, 6.45) is 1.72. The molecule has 5 nitrogen and oxygen atoms in total. The number of hydrogen-bond acceptors (Lipinski definition) is 3. The summed E-state index contributed by atoms with van der Waals surface area (Å²) in [5.74, 6) is 0.540. The van der Waals surface area contributed by atoms with Crippen molar-refractivity contribution in [1.29, 1.82) is 0 Å². The fourth-order valence-electron chi connectivity index (χ4n) is 2.55. The lowest BCUT2D eigenvalue weighted by molar-refractivity contribution is -0.120. The molecule has 0 radical (unpaired) electrons. The highest BCUT2D eigenvalue weighted by Crippen LogP contribution is 2.21. The third kappa shape index (κ3) is 2.58. The Bertz CT molecular complexity index is 576. The van der Waals surface area contributed by atoms with E-state index in [1.165, 1.54) is 0 Å². The minimum absolute atomic E-state index is 0.0577. The summed E-state index contributed by atoms with van der Waals surface area (Å²) in [5, 5.41) is 13.1. The summed E-state index contributed by atoms with van der Waals surface area (Å²) in [6, 6.07) is 9.70. The van der Waals surface area contributed by atoms with Crippen LogP contribution in [0.5, 0.6) is 0 Å². The van der Waals surface area contributed by atoms with Crippen LogP contribution in [-0.4, -0.2) is 29.2 Å². The molecule has 20 heavy (non-hydrogen) atoms. The first kappa shape index (κ1) is 12.9. The van der Waals surface area contributed by atoms with Gasteiger partial charge in [-0.1, -0.05) is 19.1 Å². The van der Waals surface area contributed by atoms with Crippen LogP contribution in [0.4, 0.5) is 5.69 Å². The normalized spacial score (nSPS) is 21.9. The molecule has 0 saturated carbocycles. The average molecular weight is 270 g/mol. The van der Waals surface area contributed by atoms with Crippen molar-refractivity contribution in [2.45, 2.75) is 6.92 Å². The molecule has 1 aromatic heterocycles. The number of aromatic amines is 1. The zero-order valence-corrected chi connectivity index (χ0v) is 11.4. The van der Waals surface area contributed by atoms with E-state index < -0.39 is 0 Å². The molecule has 1 amide bonds. The van der Waals surface area contributed by atoms with Gasteiger partial charge >= 0.3 is 0 Å². The van der Waals surface area contributed by atoms with Crippen LogP contribution < -0.4 is 10.6 Å². The Morgan fingerprint density at radius 3 is 2.65 bits per heavy atom. The molecule has 3 N–H and O–H groups in total. The van der Waals surface area contributed by atoms with E-state index in [0.717, 1.165) is 30.0 Å². The van der Waals surface area contributed by atoms with Crippen molar-refractivity contribution in [1.82, 2.24) is 15.5 Å². The Labute approximate surface area is 117 Å². The van der Waals surface area contributed by atoms with Gasteiger partial charge in [0.25, 0.3) is 0 Å². The Balaban J connectivity index is 1.68. The number of aromatic nitrogens is 2. The Morgan fingerprint density at radius 1 is 1.25 bits per heavy atom. The van der Waals surface area contributed by atoms with Crippen LogP contribution in [0, 0.1) is 11.8 Å². The van der Waals surface area contributed by atoms with Gasteiger partial charge in [0.05, 0.1) is 11.6 Å². The van der Waals surface area contributed by atoms with Gasteiger partial charge in [-0.05, 0) is 36.2 Å². The fourth-order valence-corrected chi connectivity index (χ4v) is 2.55. The smallest absolute Gasteiger partial charge is 0.229 e. The Hall–Kier alpha value is -2.14. The van der Waals surface area contributed by atoms with Crippen LogP contribution in [0.1, 0.15) is 6.92 Å². The monoisotopic (exact) mass is 270 g/mol. The molecule has 0 spiro atoms. The molecule has 2 atom stereocenters. The van der Waals surface area contributed by atoms with Gasteiger partial charge in [0.2, 0.25) is 5.91 Å². The first-order valence-corrected chi connectivity index (χ1v) is 6.85. The molecule has 2 unspecified atom stereocenters. The lowest BCUT2D eigenvalue weighted by Crippen LogP contribution is -2.27. The molecule has 2 aromatic rings. The largest absolute Gasteiger partial charge is 0.326 e. The number of carbonyl (C=O) groups is 1. The zero-order valence-electron chi connectivity index (χ0n) is 11.4. The van der Waals surface area contributed by atoms with E-state index in [1.54, 1.807) is 6.20 Å². The molecule has 3 rings (SSSR count). The van der Waals surface area contributed by atoms with Gasteiger partial charge in [-0.15, -0.1) is 0 Å². The van der Waals surface area contributed by atoms with E-state index in [9.17, 15) is 4.79 Å². The second-order valence-electron chi connectivity index (χ2n) is 5.28. The Morgan fingerprint density at radius 2 is 2.05 bits per heavy atom. The van der Waals surface area contributed by atoms with E-state index in [-0.39, 0.29) is 11.8 Å². The summed E-state index contributed by atoms with van der Waals surface area (Å²) in [5.41, 5.74) is 2.85. The number of nitrogens with one attached hydrogen (secondary N) is 3. The van der Waals surface area contributed by atoms with Crippen molar-refractivity contribution < 1.29 is 4.79 Å². The predicted molar refractivity (Wildman–Crippen MR) is 78.2 cm³/mol. The molecule has 5 heteroatoms. The van der Waals surface area contributed by atoms with Crippen LogP contribution in [-0.2, 0) is 4.79 Å². The maximum atomic E-state index is 12.2. The number of rotatable bonds is 3. The van der Waals surface area contributed by atoms with E-state index in [4.69, 9.17) is 0 Å². The molecule has 0 aliphatic carbocycles. The summed E-state index contributed by atoms with van der Waals surface area (Å²) >= 11 is 0. The maximum absolute atomic E-state index is 12.2. The summed E-state index contributed by atoms with van der Waals surface area (Å²) < 4.78 is 0. The van der Waals surface area contributed by atoms with Gasteiger partial charge in [0.1, 0.15) is 0 Å². The number of hydrogen-bond donors (Lipinski definition) is 3. The average Bonchev–Trinajstić information content (AvgIpc) is 3.10. The topological polar surface area (TPSA) is 69.8 Å². The molecular weight excluding hydrogens is 252 g/mol. The van der Waals surface area contributed by atoms with Crippen LogP contribution >= 0.6 is 0 Å². The molecule has 1 aromatic carbocycles. The van der Waals surface area contributed by atoms with Gasteiger partial charge in [-0.2, -0.15) is 5.10 Å². The third-order valence-electron chi connectivity index (χ3n) is 3.82. The van der Waals surface area contributed by atoms with Crippen LogP contribution in [0.25, 0.3) is 11.3 Å². The number of benzene rings is 1. The summed E-state index contributed by atoms with van der Waals surface area (Å²) in [6.45, 7) is 3.78. The second-order valence-corrected chi connectivity index (χ2v) is 5.28. The van der Waals surface area contributed by atoms with Crippen molar-refractivity contribution in [3.63, 3.8) is 0 Å². The number of anilines is 1. The first-order valence-electron chi connectivity index (χ1n) is 6.85. The number of nitrogens with zero attached hydrogens (tertiary/aromatic N) is 1. The zero-order chi connectivity index (χ0) is 13.9. The minimum atomic E-state index is 0.0577. The molecule has 0 bridgehead atoms. The van der Waals surface area contributed by atoms with E-state index in [0.29, 0.717) is 5.92 Å². The van der Waals surface area contributed by atoms with Crippen LogP contribution in [0.15, 0.2) is 36.5 Å². The summed E-state index contributed by atoms with van der Waals surface area (Å²) in [7, 11) is 0. The van der Waals surface area contributed by atoms with Crippen molar-refractivity contribution >= 4 is 11.6 Å². The Kier molecular flexibility index (Phi) is 3.52. The van der Waals surface area contributed by atoms with Crippen molar-refractivity contribution in [3.8, 4) is 11.3 Å². The predicted octanol–water partition coefficient (Wildman–Crippen LogP) is 1.87. The van der Waals surface area contributed by atoms with Crippen LogP contribution in [0.2, 0.25) is 0 Å². The van der Waals surface area contributed by atoms with Crippen LogP contribution in [0.3, 0.4) is 0 Å². The van der Waals surface area contributed by atoms with Crippen molar-refractivity contribution in [2.75, 3.05) is 18.4 Å². The van der Waals surface area contributed by atoms with E-state index in [2.05, 4.69) is 27.8 Å². The third-order valence-corrected chi connectivity index (χ3v) is 3.82. The van der Waals surface area contributed by atoms with E-state index >= 15 is 0 Å². The highest BCUT2D eigenvalue weighted by Gasteiger charge is 2.29. The highest BCUT2D eigenvalue weighted by atomic mass is 16.1. The minimum Gasteiger partial charge on any atom is -0.326 e. The molecule has 1 fully saturated rings.